The lowest BCUT2D eigenvalue weighted by Crippen LogP contribution is -2.55. The van der Waals surface area contributed by atoms with E-state index in [1.807, 2.05) is 39.8 Å². The van der Waals surface area contributed by atoms with Gasteiger partial charge in [0, 0.05) is 43.9 Å². The summed E-state index contributed by atoms with van der Waals surface area (Å²) >= 11 is 0. The molecule has 156 valence electrons. The lowest BCUT2D eigenvalue weighted by atomic mass is 9.82. The van der Waals surface area contributed by atoms with Gasteiger partial charge < -0.3 is 20.1 Å². The molecule has 7 heteroatoms. The van der Waals surface area contributed by atoms with E-state index in [-0.39, 0.29) is 23.3 Å². The molecule has 0 radical (unpaired) electrons. The Hall–Kier alpha value is -3.09. The van der Waals surface area contributed by atoms with Crippen molar-refractivity contribution in [3.8, 4) is 11.1 Å². The first-order valence-electron chi connectivity index (χ1n) is 10.7. The van der Waals surface area contributed by atoms with E-state index < -0.39 is 12.1 Å². The van der Waals surface area contributed by atoms with Crippen LogP contribution in [-0.2, 0) is 11.3 Å². The first-order valence-corrected chi connectivity index (χ1v) is 10.7. The molecular weight excluding hydrogens is 380 g/mol. The summed E-state index contributed by atoms with van der Waals surface area (Å²) in [4.78, 5) is 41.2. The Bertz CT molecular complexity index is 1050. The molecular formula is C23H26N4O3. The van der Waals surface area contributed by atoms with Gasteiger partial charge in [0.15, 0.2) is 0 Å². The van der Waals surface area contributed by atoms with Crippen LogP contribution in [0.15, 0.2) is 47.3 Å². The molecule has 4 heterocycles. The molecule has 2 saturated heterocycles. The normalized spacial score (nSPS) is 25.1. The third-order valence-electron chi connectivity index (χ3n) is 6.80. The molecule has 0 unspecified atom stereocenters. The van der Waals surface area contributed by atoms with E-state index in [1.165, 1.54) is 4.90 Å². The topological polar surface area (TPSA) is 88.6 Å². The third kappa shape index (κ3) is 3.18. The highest BCUT2D eigenvalue weighted by Crippen LogP contribution is 2.37. The van der Waals surface area contributed by atoms with E-state index >= 15 is 0 Å². The smallest absolute Gasteiger partial charge is 0.315 e. The summed E-state index contributed by atoms with van der Waals surface area (Å²) in [6.07, 6.45) is 2.45. The van der Waals surface area contributed by atoms with Crippen LogP contribution in [-0.4, -0.2) is 52.0 Å². The molecule has 3 atom stereocenters. The Morgan fingerprint density at radius 3 is 2.57 bits per heavy atom. The van der Waals surface area contributed by atoms with Crippen molar-refractivity contribution in [3.63, 3.8) is 0 Å². The molecule has 0 saturated carbocycles. The number of urea groups is 1. The number of likely N-dealkylation sites (tertiary alicyclic amines) is 2. The summed E-state index contributed by atoms with van der Waals surface area (Å²) < 4.78 is 1.89. The number of fused-ring (bicyclic) bond motifs is 4. The number of carbonyl (C=O) groups excluding carboxylic acids is 2. The van der Waals surface area contributed by atoms with Crippen LogP contribution in [0.25, 0.3) is 11.1 Å². The molecule has 2 aromatic rings. The van der Waals surface area contributed by atoms with Crippen LogP contribution in [0.1, 0.15) is 30.9 Å². The lowest BCUT2D eigenvalue weighted by Gasteiger charge is -2.44. The van der Waals surface area contributed by atoms with Crippen molar-refractivity contribution in [2.24, 2.45) is 11.7 Å². The molecule has 3 amide bonds. The minimum Gasteiger partial charge on any atom is -0.351 e. The number of nitrogens with zero attached hydrogens (tertiary/aromatic N) is 3. The van der Waals surface area contributed by atoms with Crippen LogP contribution in [0.4, 0.5) is 4.79 Å². The van der Waals surface area contributed by atoms with Gasteiger partial charge in [-0.05, 0) is 42.4 Å². The highest BCUT2D eigenvalue weighted by atomic mass is 16.2. The Balaban J connectivity index is 1.44. The number of hydrogen-bond donors (Lipinski definition) is 1. The summed E-state index contributed by atoms with van der Waals surface area (Å²) in [6.45, 7) is 2.39. The first-order chi connectivity index (χ1) is 14.5. The summed E-state index contributed by atoms with van der Waals surface area (Å²) in [5, 5.41) is 0. The number of nitrogens with two attached hydrogens (primary N) is 1. The van der Waals surface area contributed by atoms with Gasteiger partial charge in [0.25, 0.3) is 5.56 Å². The second-order valence-corrected chi connectivity index (χ2v) is 8.72. The van der Waals surface area contributed by atoms with Crippen LogP contribution in [0, 0.1) is 5.92 Å². The van der Waals surface area contributed by atoms with Crippen LogP contribution >= 0.6 is 0 Å². The molecule has 2 fully saturated rings. The fraction of sp³-hybridized carbons (Fsp3) is 0.435. The van der Waals surface area contributed by atoms with E-state index in [4.69, 9.17) is 5.73 Å². The number of benzene rings is 1. The number of rotatable bonds is 2. The monoisotopic (exact) mass is 406 g/mol. The van der Waals surface area contributed by atoms with Crippen molar-refractivity contribution in [1.29, 1.82) is 0 Å². The summed E-state index contributed by atoms with van der Waals surface area (Å²) in [5.41, 5.74) is 8.45. The van der Waals surface area contributed by atoms with E-state index in [9.17, 15) is 14.4 Å². The van der Waals surface area contributed by atoms with E-state index in [2.05, 4.69) is 6.07 Å². The maximum Gasteiger partial charge on any atom is 0.315 e. The van der Waals surface area contributed by atoms with Crippen LogP contribution in [0.3, 0.4) is 0 Å². The van der Waals surface area contributed by atoms with Crippen LogP contribution in [0.2, 0.25) is 0 Å². The molecule has 3 aliphatic heterocycles. The summed E-state index contributed by atoms with van der Waals surface area (Å²) in [7, 11) is 0. The van der Waals surface area contributed by atoms with Gasteiger partial charge in [-0.25, -0.2) is 4.79 Å². The second kappa shape index (κ2) is 7.31. The van der Waals surface area contributed by atoms with Gasteiger partial charge in [0.05, 0.1) is 0 Å². The Labute approximate surface area is 175 Å². The maximum absolute atomic E-state index is 13.2. The number of aromatic nitrogens is 1. The zero-order valence-corrected chi connectivity index (χ0v) is 16.9. The Morgan fingerprint density at radius 1 is 1.00 bits per heavy atom. The Kier molecular flexibility index (Phi) is 4.60. The van der Waals surface area contributed by atoms with Crippen LogP contribution in [0.5, 0.6) is 0 Å². The van der Waals surface area contributed by atoms with Gasteiger partial charge in [0.1, 0.15) is 6.04 Å². The predicted octanol–water partition coefficient (Wildman–Crippen LogP) is 2.00. The zero-order chi connectivity index (χ0) is 20.8. The minimum absolute atomic E-state index is 0.00369. The number of carbonyl (C=O) groups is 2. The quantitative estimate of drug-likeness (QED) is 0.827. The van der Waals surface area contributed by atoms with E-state index in [0.29, 0.717) is 32.6 Å². The second-order valence-electron chi connectivity index (χ2n) is 8.72. The van der Waals surface area contributed by atoms with Gasteiger partial charge in [-0.2, -0.15) is 0 Å². The van der Waals surface area contributed by atoms with Gasteiger partial charge in [-0.15, -0.1) is 0 Å². The fourth-order valence-corrected chi connectivity index (χ4v) is 5.43. The molecule has 3 aliphatic rings. The van der Waals surface area contributed by atoms with Crippen LogP contribution < -0.4 is 11.3 Å². The Morgan fingerprint density at radius 2 is 1.80 bits per heavy atom. The number of hydrogen-bond acceptors (Lipinski definition) is 3. The summed E-state index contributed by atoms with van der Waals surface area (Å²) in [6, 6.07) is 12.8. The SMILES string of the molecule is NC(=O)N1CCC[C@H]1C(=O)N1C[C@@H]2C[C@H](C1)c1cc(-c3ccccc3)cc(=O)n1C2. The predicted molar refractivity (Wildman–Crippen MR) is 113 cm³/mol. The number of primary amides is 1. The zero-order valence-electron chi connectivity index (χ0n) is 16.9. The highest BCUT2D eigenvalue weighted by Gasteiger charge is 2.41. The standard InChI is InChI=1S/C23H26N4O3/c24-23(30)26-8-4-7-19(26)22(29)25-12-15-9-18(14-25)20-10-17(11-21(28)27(20)13-15)16-5-2-1-3-6-16/h1-3,5-6,10-11,15,18-19H,4,7-9,12-14H2,(H2,24,30)/t15-,18+,19-/m0/s1. The molecule has 1 aromatic heterocycles. The van der Waals surface area contributed by atoms with E-state index in [0.717, 1.165) is 29.7 Å². The van der Waals surface area contributed by atoms with Gasteiger partial charge in [-0.1, -0.05) is 30.3 Å². The molecule has 0 spiro atoms. The maximum atomic E-state index is 13.2. The summed E-state index contributed by atoms with van der Waals surface area (Å²) in [5.74, 6) is 0.376. The number of pyridine rings is 1. The number of amides is 3. The number of piperidine rings is 1. The van der Waals surface area contributed by atoms with Crippen molar-refractivity contribution in [2.45, 2.75) is 37.8 Å². The van der Waals surface area contributed by atoms with Gasteiger partial charge in [0.2, 0.25) is 5.91 Å². The largest absolute Gasteiger partial charge is 0.351 e. The highest BCUT2D eigenvalue weighted by molar-refractivity contribution is 5.87. The lowest BCUT2D eigenvalue weighted by molar-refractivity contribution is -0.137. The minimum atomic E-state index is -0.521. The third-order valence-corrected chi connectivity index (χ3v) is 6.80. The van der Waals surface area contributed by atoms with Crippen molar-refractivity contribution in [1.82, 2.24) is 14.4 Å². The average molecular weight is 406 g/mol. The first kappa shape index (κ1) is 18.9. The molecule has 30 heavy (non-hydrogen) atoms. The fourth-order valence-electron chi connectivity index (χ4n) is 5.43. The van der Waals surface area contributed by atoms with Gasteiger partial charge >= 0.3 is 6.03 Å². The molecule has 2 bridgehead atoms. The van der Waals surface area contributed by atoms with Crippen molar-refractivity contribution >= 4 is 11.9 Å². The van der Waals surface area contributed by atoms with Crippen molar-refractivity contribution in [3.05, 3.63) is 58.5 Å². The molecule has 1 aromatic carbocycles. The average Bonchev–Trinajstić information content (AvgIpc) is 3.24. The van der Waals surface area contributed by atoms with Crippen molar-refractivity contribution < 1.29 is 9.59 Å². The molecule has 0 aliphatic carbocycles. The van der Waals surface area contributed by atoms with Crippen molar-refractivity contribution in [2.75, 3.05) is 19.6 Å². The molecule has 2 N–H and O–H groups in total. The molecule has 7 nitrogen and oxygen atoms in total. The van der Waals surface area contributed by atoms with E-state index in [1.54, 1.807) is 6.07 Å². The van der Waals surface area contributed by atoms with Gasteiger partial charge in [-0.3, -0.25) is 9.59 Å². The molecule has 5 rings (SSSR count).